The van der Waals surface area contributed by atoms with Crippen LogP contribution in [0.4, 0.5) is 0 Å². The molecule has 2 aliphatic rings. The third kappa shape index (κ3) is 3.89. The molecule has 2 aliphatic carbocycles. The molecular weight excluding hydrogens is 316 g/mol. The third-order valence-corrected chi connectivity index (χ3v) is 5.31. The molecule has 3 atom stereocenters. The van der Waals surface area contributed by atoms with E-state index in [1.165, 1.54) is 5.56 Å². The number of hydrogen-bond donors (Lipinski definition) is 3. The first kappa shape index (κ1) is 18.4. The topological polar surface area (TPSA) is 74.1 Å². The van der Waals surface area contributed by atoms with Gasteiger partial charge in [0, 0.05) is 24.1 Å². The number of rotatable bonds is 6. The molecule has 3 unspecified atom stereocenters. The number of nitrogens with zero attached hydrogens (tertiary/aromatic N) is 1. The van der Waals surface area contributed by atoms with E-state index in [2.05, 4.69) is 16.5 Å². The van der Waals surface area contributed by atoms with Crippen LogP contribution in [-0.2, 0) is 4.84 Å². The van der Waals surface area contributed by atoms with Gasteiger partial charge in [-0.25, -0.2) is 0 Å². The maximum atomic E-state index is 11.4. The number of fused-ring (bicyclic) bond motifs is 3. The summed E-state index contributed by atoms with van der Waals surface area (Å²) >= 11 is 0. The average Bonchev–Trinajstić information content (AvgIpc) is 2.71. The lowest BCUT2D eigenvalue weighted by molar-refractivity contribution is 0.0316. The van der Waals surface area contributed by atoms with Gasteiger partial charge in [0.25, 0.3) is 0 Å². The minimum Gasteiger partial charge on any atom is -0.393 e. The largest absolute Gasteiger partial charge is 0.393 e. The van der Waals surface area contributed by atoms with Crippen LogP contribution in [0.3, 0.4) is 0 Å². The Hall–Kier alpha value is -1.43. The molecule has 138 valence electrons. The monoisotopic (exact) mass is 346 g/mol. The lowest BCUT2D eigenvalue weighted by Crippen LogP contribution is -2.39. The van der Waals surface area contributed by atoms with E-state index >= 15 is 0 Å². The molecule has 0 aliphatic heterocycles. The van der Waals surface area contributed by atoms with Crippen molar-refractivity contribution in [3.05, 3.63) is 35.4 Å². The van der Waals surface area contributed by atoms with Crippen LogP contribution in [0.15, 0.2) is 29.4 Å². The third-order valence-electron chi connectivity index (χ3n) is 5.31. The van der Waals surface area contributed by atoms with E-state index < -0.39 is 11.7 Å². The Morgan fingerprint density at radius 1 is 1.28 bits per heavy atom. The van der Waals surface area contributed by atoms with Gasteiger partial charge in [0.1, 0.15) is 24.0 Å². The van der Waals surface area contributed by atoms with Crippen LogP contribution in [0.5, 0.6) is 0 Å². The summed E-state index contributed by atoms with van der Waals surface area (Å²) in [6.45, 7) is 4.65. The molecule has 1 aromatic rings. The second-order valence-electron chi connectivity index (χ2n) is 7.62. The van der Waals surface area contributed by atoms with Crippen molar-refractivity contribution in [1.82, 2.24) is 5.32 Å². The molecule has 0 saturated heterocycles. The van der Waals surface area contributed by atoms with E-state index in [0.29, 0.717) is 24.7 Å². The fourth-order valence-corrected chi connectivity index (χ4v) is 4.03. The molecule has 1 aromatic carbocycles. The van der Waals surface area contributed by atoms with Crippen LogP contribution in [0.2, 0.25) is 0 Å². The van der Waals surface area contributed by atoms with Gasteiger partial charge in [0.2, 0.25) is 0 Å². The minimum absolute atomic E-state index is 0.0982. The van der Waals surface area contributed by atoms with Crippen molar-refractivity contribution in [2.75, 3.05) is 13.2 Å². The lowest BCUT2D eigenvalue weighted by Gasteiger charge is -2.28. The fraction of sp³-hybridized carbons (Fsp3) is 0.650. The van der Waals surface area contributed by atoms with Gasteiger partial charge in [0.05, 0.1) is 0 Å². The Kier molecular flexibility index (Phi) is 5.77. The highest BCUT2D eigenvalue weighted by molar-refractivity contribution is 6.11. The Bertz CT molecular complexity index is 617. The van der Waals surface area contributed by atoms with Crippen LogP contribution in [0.25, 0.3) is 0 Å². The van der Waals surface area contributed by atoms with Gasteiger partial charge in [-0.05, 0) is 18.4 Å². The first-order valence-electron chi connectivity index (χ1n) is 9.46. The first-order chi connectivity index (χ1) is 12.0. The summed E-state index contributed by atoms with van der Waals surface area (Å²) in [5, 5.41) is 28.9. The fourth-order valence-electron chi connectivity index (χ4n) is 4.03. The van der Waals surface area contributed by atoms with Crippen LogP contribution < -0.4 is 5.32 Å². The summed E-state index contributed by atoms with van der Waals surface area (Å²) in [5.41, 5.74) is 1.86. The van der Waals surface area contributed by atoms with Gasteiger partial charge in [-0.15, -0.1) is 0 Å². The molecule has 3 N–H and O–H groups in total. The summed E-state index contributed by atoms with van der Waals surface area (Å²) in [6.07, 6.45) is 4.35. The summed E-state index contributed by atoms with van der Waals surface area (Å²) in [7, 11) is 0. The predicted octanol–water partition coefficient (Wildman–Crippen LogP) is 2.56. The van der Waals surface area contributed by atoms with Crippen molar-refractivity contribution < 1.29 is 15.1 Å². The quantitative estimate of drug-likeness (QED) is 0.692. The van der Waals surface area contributed by atoms with E-state index in [-0.39, 0.29) is 12.5 Å². The van der Waals surface area contributed by atoms with Crippen molar-refractivity contribution in [1.29, 1.82) is 0 Å². The number of nitrogens with one attached hydrogen (secondary N) is 1. The number of aliphatic hydroxyl groups excluding tert-OH is 1. The van der Waals surface area contributed by atoms with Gasteiger partial charge in [-0.1, -0.05) is 62.5 Å². The summed E-state index contributed by atoms with van der Waals surface area (Å²) in [4.78, 5) is 5.46. The van der Waals surface area contributed by atoms with Gasteiger partial charge in [-0.2, -0.15) is 0 Å². The first-order valence-corrected chi connectivity index (χ1v) is 9.46. The summed E-state index contributed by atoms with van der Waals surface area (Å²) in [6, 6.07) is 8.43. The molecule has 0 aromatic heterocycles. The molecule has 0 amide bonds. The van der Waals surface area contributed by atoms with Crippen molar-refractivity contribution in [2.24, 2.45) is 5.16 Å². The van der Waals surface area contributed by atoms with Crippen molar-refractivity contribution in [2.45, 2.75) is 69.6 Å². The average molecular weight is 346 g/mol. The Morgan fingerprint density at radius 2 is 2.08 bits per heavy atom. The van der Waals surface area contributed by atoms with E-state index in [9.17, 15) is 10.2 Å². The smallest absolute Gasteiger partial charge is 0.144 e. The number of oxime groups is 1. The molecule has 1 saturated carbocycles. The minimum atomic E-state index is -0.943. The van der Waals surface area contributed by atoms with Crippen molar-refractivity contribution in [3.63, 3.8) is 0 Å². The predicted molar refractivity (Wildman–Crippen MR) is 98.9 cm³/mol. The number of benzene rings is 1. The molecule has 5 nitrogen and oxygen atoms in total. The van der Waals surface area contributed by atoms with E-state index in [1.807, 2.05) is 32.0 Å². The molecule has 5 heteroatoms. The standard InChI is InChI=1S/C20H30N2O3/c1-14(2)21-12-15(23)13-25-22-19-17-9-6-5-8-16(17)18-10-4-3-7-11-20(18,19)24/h5-6,8-9,14-15,18,21,23-24H,3-4,7,10-13H2,1-2H3/b22-19-. The molecule has 3 rings (SSSR count). The van der Waals surface area contributed by atoms with Gasteiger partial charge >= 0.3 is 0 Å². The molecule has 0 radical (unpaired) electrons. The molecule has 0 heterocycles. The molecule has 0 spiro atoms. The zero-order valence-electron chi connectivity index (χ0n) is 15.2. The van der Waals surface area contributed by atoms with Gasteiger partial charge < -0.3 is 20.4 Å². The van der Waals surface area contributed by atoms with Crippen molar-refractivity contribution >= 4 is 5.71 Å². The normalized spacial score (nSPS) is 28.5. The van der Waals surface area contributed by atoms with E-state index in [4.69, 9.17) is 4.84 Å². The highest BCUT2D eigenvalue weighted by atomic mass is 16.6. The Morgan fingerprint density at radius 3 is 2.88 bits per heavy atom. The van der Waals surface area contributed by atoms with Crippen LogP contribution in [0.1, 0.15) is 63.0 Å². The number of hydrogen-bond acceptors (Lipinski definition) is 5. The molecule has 25 heavy (non-hydrogen) atoms. The zero-order valence-corrected chi connectivity index (χ0v) is 15.2. The lowest BCUT2D eigenvalue weighted by atomic mass is 9.83. The van der Waals surface area contributed by atoms with E-state index in [0.717, 1.165) is 31.2 Å². The van der Waals surface area contributed by atoms with Crippen molar-refractivity contribution in [3.8, 4) is 0 Å². The van der Waals surface area contributed by atoms with Crippen LogP contribution in [-0.4, -0.2) is 46.8 Å². The van der Waals surface area contributed by atoms with Crippen LogP contribution in [0, 0.1) is 0 Å². The SMILES string of the molecule is CC(C)NCC(O)CO/N=C1/c2ccccc2C2CCCCCC12O. The summed E-state index contributed by atoms with van der Waals surface area (Å²) in [5.74, 6) is 0.0982. The molecule has 1 fully saturated rings. The Balaban J connectivity index is 1.76. The number of aliphatic hydroxyl groups is 2. The maximum Gasteiger partial charge on any atom is 0.144 e. The Labute approximate surface area is 150 Å². The molecular formula is C20H30N2O3. The highest BCUT2D eigenvalue weighted by Gasteiger charge is 2.50. The molecule has 0 bridgehead atoms. The van der Waals surface area contributed by atoms with Crippen LogP contribution >= 0.6 is 0 Å². The van der Waals surface area contributed by atoms with Gasteiger partial charge in [-0.3, -0.25) is 0 Å². The summed E-state index contributed by atoms with van der Waals surface area (Å²) < 4.78 is 0. The second kappa shape index (κ2) is 7.85. The maximum absolute atomic E-state index is 11.4. The van der Waals surface area contributed by atoms with Gasteiger partial charge in [0.15, 0.2) is 0 Å². The highest BCUT2D eigenvalue weighted by Crippen LogP contribution is 2.48. The zero-order chi connectivity index (χ0) is 17.9. The second-order valence-corrected chi connectivity index (χ2v) is 7.62. The van der Waals surface area contributed by atoms with E-state index in [1.54, 1.807) is 0 Å².